The van der Waals surface area contributed by atoms with Gasteiger partial charge in [0.2, 0.25) is 0 Å². The Bertz CT molecular complexity index is 1020. The first-order valence-electron chi connectivity index (χ1n) is 10.1. The van der Waals surface area contributed by atoms with E-state index in [9.17, 15) is 8.42 Å². The average Bonchev–Trinajstić information content (AvgIpc) is 3.29. The number of aromatic nitrogens is 3. The van der Waals surface area contributed by atoms with Gasteiger partial charge in [0.1, 0.15) is 17.8 Å². The predicted octanol–water partition coefficient (Wildman–Crippen LogP) is 1.73. The van der Waals surface area contributed by atoms with Crippen LogP contribution < -0.4 is 4.90 Å². The van der Waals surface area contributed by atoms with Gasteiger partial charge in [0.05, 0.1) is 17.0 Å². The van der Waals surface area contributed by atoms with Crippen LogP contribution in [0, 0.1) is 17.2 Å². The molecule has 1 unspecified atom stereocenters. The third-order valence-corrected chi connectivity index (χ3v) is 8.28. The van der Waals surface area contributed by atoms with Crippen LogP contribution in [-0.4, -0.2) is 70.7 Å². The largest absolute Gasteiger partial charge is 0.353 e. The molecular formula is C19H27N7O2S. The molecule has 0 bridgehead atoms. The molecule has 1 saturated heterocycles. The summed E-state index contributed by atoms with van der Waals surface area (Å²) < 4.78 is 29.6. The van der Waals surface area contributed by atoms with Crippen molar-refractivity contribution in [3.63, 3.8) is 0 Å². The van der Waals surface area contributed by atoms with Crippen LogP contribution in [0.2, 0.25) is 0 Å². The first kappa shape index (κ1) is 20.1. The fraction of sp³-hybridized carbons (Fsp3) is 0.632. The lowest BCUT2D eigenvalue weighted by atomic mass is 10.1. The van der Waals surface area contributed by atoms with Gasteiger partial charge in [0.25, 0.3) is 10.2 Å². The maximum absolute atomic E-state index is 13.3. The summed E-state index contributed by atoms with van der Waals surface area (Å²) in [6, 6.07) is 4.21. The fourth-order valence-corrected chi connectivity index (χ4v) is 5.86. The highest BCUT2D eigenvalue weighted by molar-refractivity contribution is 7.86. The van der Waals surface area contributed by atoms with Gasteiger partial charge in [-0.2, -0.15) is 22.3 Å². The number of rotatable bonds is 7. The SMILES string of the molecule is CCC(C#N)CCN(C)S(=O)(=O)N1CCN(c2ncnc3[nH]ccc23)CC12CC2. The summed E-state index contributed by atoms with van der Waals surface area (Å²) in [5.41, 5.74) is 0.427. The minimum atomic E-state index is -3.56. The van der Waals surface area contributed by atoms with E-state index in [0.29, 0.717) is 32.6 Å². The molecule has 2 aromatic heterocycles. The highest BCUT2D eigenvalue weighted by Crippen LogP contribution is 2.47. The Balaban J connectivity index is 1.50. The first-order chi connectivity index (χ1) is 13.9. The van der Waals surface area contributed by atoms with Crippen LogP contribution in [0.1, 0.15) is 32.6 Å². The molecule has 9 nitrogen and oxygen atoms in total. The van der Waals surface area contributed by atoms with Crippen molar-refractivity contribution in [1.29, 1.82) is 5.26 Å². The summed E-state index contributed by atoms with van der Waals surface area (Å²) in [5, 5.41) is 10.1. The third-order valence-electron chi connectivity index (χ3n) is 6.19. The summed E-state index contributed by atoms with van der Waals surface area (Å²) in [6.07, 6.45) is 6.39. The average molecular weight is 418 g/mol. The highest BCUT2D eigenvalue weighted by atomic mass is 32.2. The van der Waals surface area contributed by atoms with E-state index < -0.39 is 10.2 Å². The Morgan fingerprint density at radius 1 is 1.38 bits per heavy atom. The number of aromatic amines is 1. The molecule has 0 radical (unpaired) electrons. The zero-order chi connectivity index (χ0) is 20.6. The normalized spacial score (nSPS) is 20.3. The second-order valence-electron chi connectivity index (χ2n) is 8.01. The minimum Gasteiger partial charge on any atom is -0.353 e. The standard InChI is InChI=1S/C19H27N7O2S/c1-3-15(12-20)5-9-24(2)29(27,28)26-11-10-25(13-19(26)6-7-19)18-16-4-8-21-17(16)22-14-23-18/h4,8,14-15H,3,5-7,9-11,13H2,1-2H3,(H,21,22,23). The molecule has 2 aromatic rings. The van der Waals surface area contributed by atoms with E-state index in [1.54, 1.807) is 17.7 Å². The Morgan fingerprint density at radius 2 is 2.17 bits per heavy atom. The molecule has 1 aliphatic carbocycles. The van der Waals surface area contributed by atoms with Crippen LogP contribution in [0.3, 0.4) is 0 Å². The molecule has 2 aliphatic rings. The van der Waals surface area contributed by atoms with Crippen molar-refractivity contribution in [2.45, 2.75) is 38.1 Å². The number of nitrogens with one attached hydrogen (secondary N) is 1. The van der Waals surface area contributed by atoms with Crippen molar-refractivity contribution < 1.29 is 8.42 Å². The molecule has 156 valence electrons. The molecule has 0 aromatic carbocycles. The van der Waals surface area contributed by atoms with Gasteiger partial charge in [0.15, 0.2) is 0 Å². The molecule has 1 atom stereocenters. The Morgan fingerprint density at radius 3 is 2.86 bits per heavy atom. The topological polar surface area (TPSA) is 109 Å². The van der Waals surface area contributed by atoms with Gasteiger partial charge < -0.3 is 9.88 Å². The van der Waals surface area contributed by atoms with Gasteiger partial charge in [-0.1, -0.05) is 6.92 Å². The summed E-state index contributed by atoms with van der Waals surface area (Å²) in [7, 11) is -1.94. The zero-order valence-electron chi connectivity index (χ0n) is 16.9. The maximum Gasteiger partial charge on any atom is 0.282 e. The van der Waals surface area contributed by atoms with E-state index in [-0.39, 0.29) is 11.5 Å². The van der Waals surface area contributed by atoms with Crippen molar-refractivity contribution in [2.24, 2.45) is 5.92 Å². The van der Waals surface area contributed by atoms with Crippen molar-refractivity contribution in [1.82, 2.24) is 23.6 Å². The van der Waals surface area contributed by atoms with E-state index in [4.69, 9.17) is 5.26 Å². The van der Waals surface area contributed by atoms with Crippen LogP contribution in [0.5, 0.6) is 0 Å². The molecule has 1 aliphatic heterocycles. The lowest BCUT2D eigenvalue weighted by Gasteiger charge is -2.43. The predicted molar refractivity (Wildman–Crippen MR) is 110 cm³/mol. The summed E-state index contributed by atoms with van der Waals surface area (Å²) >= 11 is 0. The van der Waals surface area contributed by atoms with Crippen LogP contribution in [0.4, 0.5) is 5.82 Å². The zero-order valence-corrected chi connectivity index (χ0v) is 17.7. The monoisotopic (exact) mass is 417 g/mol. The van der Waals surface area contributed by atoms with Gasteiger partial charge in [-0.15, -0.1) is 0 Å². The van der Waals surface area contributed by atoms with Crippen LogP contribution in [0.15, 0.2) is 18.6 Å². The first-order valence-corrected chi connectivity index (χ1v) is 11.5. The minimum absolute atomic E-state index is 0.110. The molecule has 10 heteroatoms. The van der Waals surface area contributed by atoms with Crippen molar-refractivity contribution >= 4 is 27.1 Å². The van der Waals surface area contributed by atoms with Gasteiger partial charge >= 0.3 is 0 Å². The Labute approximate surface area is 171 Å². The van der Waals surface area contributed by atoms with E-state index in [0.717, 1.165) is 36.1 Å². The van der Waals surface area contributed by atoms with Gasteiger partial charge in [-0.3, -0.25) is 0 Å². The highest BCUT2D eigenvalue weighted by Gasteiger charge is 2.56. The van der Waals surface area contributed by atoms with E-state index in [1.165, 1.54) is 4.31 Å². The van der Waals surface area contributed by atoms with Crippen molar-refractivity contribution in [2.75, 3.05) is 38.1 Å². The number of hydrogen-bond acceptors (Lipinski definition) is 6. The Hall–Kier alpha value is -2.22. The second kappa shape index (κ2) is 7.55. The Kier molecular flexibility index (Phi) is 5.23. The molecule has 29 heavy (non-hydrogen) atoms. The maximum atomic E-state index is 13.3. The number of anilines is 1. The quantitative estimate of drug-likeness (QED) is 0.735. The number of hydrogen-bond donors (Lipinski definition) is 1. The van der Waals surface area contributed by atoms with Crippen LogP contribution >= 0.6 is 0 Å². The van der Waals surface area contributed by atoms with E-state index in [2.05, 4.69) is 25.9 Å². The van der Waals surface area contributed by atoms with Crippen LogP contribution in [0.25, 0.3) is 11.0 Å². The second-order valence-corrected chi connectivity index (χ2v) is 9.97. The molecule has 3 heterocycles. The molecule has 4 rings (SSSR count). The van der Waals surface area contributed by atoms with Crippen molar-refractivity contribution in [3.05, 3.63) is 18.6 Å². The molecular weight excluding hydrogens is 390 g/mol. The number of nitrogens with zero attached hydrogens (tertiary/aromatic N) is 6. The van der Waals surface area contributed by atoms with Gasteiger partial charge in [-0.25, -0.2) is 9.97 Å². The third kappa shape index (κ3) is 3.58. The summed E-state index contributed by atoms with van der Waals surface area (Å²) in [6.45, 7) is 3.96. The van der Waals surface area contributed by atoms with E-state index >= 15 is 0 Å². The van der Waals surface area contributed by atoms with Crippen molar-refractivity contribution in [3.8, 4) is 6.07 Å². The number of piperazine rings is 1. The fourth-order valence-electron chi connectivity index (χ4n) is 4.15. The smallest absolute Gasteiger partial charge is 0.282 e. The van der Waals surface area contributed by atoms with Crippen LogP contribution in [-0.2, 0) is 10.2 Å². The molecule has 0 amide bonds. The lowest BCUT2D eigenvalue weighted by Crippen LogP contribution is -2.59. The van der Waals surface area contributed by atoms with Gasteiger partial charge in [0, 0.05) is 45.3 Å². The molecule has 1 spiro atoms. The number of nitriles is 1. The molecule has 1 N–H and O–H groups in total. The molecule has 2 fully saturated rings. The number of H-pyrrole nitrogens is 1. The number of fused-ring (bicyclic) bond motifs is 1. The summed E-state index contributed by atoms with van der Waals surface area (Å²) in [5.74, 6) is 0.744. The van der Waals surface area contributed by atoms with Gasteiger partial charge in [-0.05, 0) is 31.7 Å². The summed E-state index contributed by atoms with van der Waals surface area (Å²) in [4.78, 5) is 14.0. The molecule has 1 saturated carbocycles. The lowest BCUT2D eigenvalue weighted by molar-refractivity contribution is 0.249. The van der Waals surface area contributed by atoms with E-state index in [1.807, 2.05) is 19.2 Å².